The molecule has 0 amide bonds. The lowest BCUT2D eigenvalue weighted by Gasteiger charge is -2.02. The number of benzene rings is 2. The van der Waals surface area contributed by atoms with Crippen molar-refractivity contribution < 1.29 is 0 Å². The van der Waals surface area contributed by atoms with Crippen molar-refractivity contribution in [3.05, 3.63) is 96.4 Å². The van der Waals surface area contributed by atoms with Crippen LogP contribution in [0.3, 0.4) is 0 Å². The number of para-hydroxylation sites is 1. The Labute approximate surface area is 155 Å². The van der Waals surface area contributed by atoms with Crippen LogP contribution in [0, 0.1) is 0 Å². The molecule has 0 radical (unpaired) electrons. The highest BCUT2D eigenvalue weighted by Gasteiger charge is 2.30. The molecular formula is C21H14N6. The Morgan fingerprint density at radius 2 is 1.41 bits per heavy atom. The number of hydrogen-bond donors (Lipinski definition) is 0. The summed E-state index contributed by atoms with van der Waals surface area (Å²) in [6.45, 7) is 0. The maximum absolute atomic E-state index is 4.81. The second-order valence-corrected chi connectivity index (χ2v) is 5.98. The molecule has 0 bridgehead atoms. The van der Waals surface area contributed by atoms with Crippen LogP contribution in [0.25, 0.3) is 11.5 Å². The van der Waals surface area contributed by atoms with E-state index in [0.717, 1.165) is 17.0 Å². The largest absolute Gasteiger partial charge is 0.253 e. The maximum atomic E-state index is 4.81. The first-order valence-electron chi connectivity index (χ1n) is 8.56. The van der Waals surface area contributed by atoms with Crippen LogP contribution in [0.4, 0.5) is 5.69 Å². The van der Waals surface area contributed by atoms with Crippen LogP contribution in [0.5, 0.6) is 0 Å². The van der Waals surface area contributed by atoms with Gasteiger partial charge in [-0.3, -0.25) is 4.98 Å². The highest BCUT2D eigenvalue weighted by Crippen LogP contribution is 2.24. The molecule has 6 heteroatoms. The third-order valence-electron chi connectivity index (χ3n) is 4.22. The first kappa shape index (κ1) is 15.3. The monoisotopic (exact) mass is 350 g/mol. The van der Waals surface area contributed by atoms with E-state index in [9.17, 15) is 0 Å². The minimum absolute atomic E-state index is 0.595. The van der Waals surface area contributed by atoms with Crippen molar-refractivity contribution in [3.8, 4) is 11.5 Å². The van der Waals surface area contributed by atoms with Gasteiger partial charge in [0.05, 0.1) is 5.69 Å². The predicted molar refractivity (Wildman–Crippen MR) is 104 cm³/mol. The zero-order chi connectivity index (χ0) is 18.1. The number of rotatable bonds is 3. The van der Waals surface area contributed by atoms with Crippen molar-refractivity contribution in [2.45, 2.75) is 0 Å². The lowest BCUT2D eigenvalue weighted by atomic mass is 10.1. The summed E-state index contributed by atoms with van der Waals surface area (Å²) in [4.78, 5) is 9.18. The number of aliphatic imine (C=N–C) groups is 1. The summed E-state index contributed by atoms with van der Waals surface area (Å²) >= 11 is 0. The fraction of sp³-hybridized carbons (Fsp3) is 0. The van der Waals surface area contributed by atoms with Crippen LogP contribution in [0.1, 0.15) is 11.4 Å². The summed E-state index contributed by atoms with van der Waals surface area (Å²) in [5.74, 6) is 1.20. The number of hydrogen-bond acceptors (Lipinski definition) is 5. The summed E-state index contributed by atoms with van der Waals surface area (Å²) in [5.41, 5.74) is 3.99. The average Bonchev–Trinajstić information content (AvgIpc) is 3.30. The van der Waals surface area contributed by atoms with Crippen molar-refractivity contribution in [1.29, 1.82) is 0 Å². The molecule has 0 unspecified atom stereocenters. The molecular weight excluding hydrogens is 336 g/mol. The van der Waals surface area contributed by atoms with Crippen LogP contribution in [0.15, 0.2) is 95.2 Å². The molecule has 0 atom stereocenters. The third-order valence-corrected chi connectivity index (χ3v) is 4.22. The molecule has 3 heterocycles. The highest BCUT2D eigenvalue weighted by atomic mass is 15.5. The van der Waals surface area contributed by atoms with Crippen molar-refractivity contribution in [2.24, 2.45) is 10.1 Å². The second-order valence-electron chi connectivity index (χ2n) is 5.98. The Bertz CT molecular complexity index is 1150. The summed E-state index contributed by atoms with van der Waals surface area (Å²) < 4.78 is 1.71. The summed E-state index contributed by atoms with van der Waals surface area (Å²) in [6, 6.07) is 25.4. The van der Waals surface area contributed by atoms with Gasteiger partial charge in [0.1, 0.15) is 17.1 Å². The van der Waals surface area contributed by atoms with E-state index >= 15 is 0 Å². The van der Waals surface area contributed by atoms with Gasteiger partial charge in [-0.15, -0.1) is 10.2 Å². The summed E-state index contributed by atoms with van der Waals surface area (Å²) in [5, 5.41) is 13.4. The van der Waals surface area contributed by atoms with E-state index in [1.807, 2.05) is 78.9 Å². The van der Waals surface area contributed by atoms with Crippen molar-refractivity contribution in [1.82, 2.24) is 19.9 Å². The first-order chi connectivity index (χ1) is 13.4. The summed E-state index contributed by atoms with van der Waals surface area (Å²) in [7, 11) is 0. The Morgan fingerprint density at radius 3 is 2.15 bits per heavy atom. The van der Waals surface area contributed by atoms with Gasteiger partial charge in [0.15, 0.2) is 0 Å². The van der Waals surface area contributed by atoms with Crippen molar-refractivity contribution in [3.63, 3.8) is 0 Å². The Morgan fingerprint density at radius 1 is 0.704 bits per heavy atom. The van der Waals surface area contributed by atoms with Gasteiger partial charge in [0.2, 0.25) is 11.6 Å². The van der Waals surface area contributed by atoms with E-state index in [1.165, 1.54) is 0 Å². The molecule has 4 aromatic rings. The molecule has 0 fully saturated rings. The van der Waals surface area contributed by atoms with E-state index in [2.05, 4.69) is 15.2 Å². The number of fused-ring (bicyclic) bond motifs is 1. The molecule has 128 valence electrons. The Balaban J connectivity index is 1.70. The number of pyridine rings is 1. The van der Waals surface area contributed by atoms with Gasteiger partial charge < -0.3 is 0 Å². The average molecular weight is 350 g/mol. The van der Waals surface area contributed by atoms with Crippen LogP contribution in [0.2, 0.25) is 0 Å². The molecule has 5 rings (SSSR count). The zero-order valence-electron chi connectivity index (χ0n) is 14.3. The van der Waals surface area contributed by atoms with Crippen molar-refractivity contribution in [2.75, 3.05) is 0 Å². The lowest BCUT2D eigenvalue weighted by Crippen LogP contribution is -2.13. The second kappa shape index (κ2) is 6.42. The smallest absolute Gasteiger partial charge is 0.206 e. The molecule has 1 aliphatic heterocycles. The normalized spacial score (nSPS) is 14.2. The molecule has 27 heavy (non-hydrogen) atoms. The van der Waals surface area contributed by atoms with Gasteiger partial charge in [-0.1, -0.05) is 54.6 Å². The zero-order valence-corrected chi connectivity index (χ0v) is 14.3. The van der Waals surface area contributed by atoms with Gasteiger partial charge in [-0.05, 0) is 24.3 Å². The fourth-order valence-corrected chi connectivity index (χ4v) is 2.96. The molecule has 0 aliphatic carbocycles. The quantitative estimate of drug-likeness (QED) is 0.565. The van der Waals surface area contributed by atoms with Gasteiger partial charge in [0, 0.05) is 11.8 Å². The molecule has 0 saturated heterocycles. The Hall–Kier alpha value is -3.93. The molecule has 6 nitrogen and oxygen atoms in total. The topological polar surface area (TPSA) is 68.3 Å². The van der Waals surface area contributed by atoms with Crippen LogP contribution in [-0.2, 0) is 0 Å². The number of nitrogens with zero attached hydrogens (tertiary/aromatic N) is 6. The highest BCUT2D eigenvalue weighted by molar-refractivity contribution is 6.54. The maximum Gasteiger partial charge on any atom is 0.206 e. The molecule has 1 aliphatic rings. The predicted octanol–water partition coefficient (Wildman–Crippen LogP) is 3.73. The molecule has 2 aromatic carbocycles. The SMILES string of the molecule is c1ccc(/N=C2/C(c3ccccc3)=Nn3c2nnc3-c2ccccn2)cc1. The van der Waals surface area contributed by atoms with E-state index in [1.54, 1.807) is 10.9 Å². The third kappa shape index (κ3) is 2.73. The summed E-state index contributed by atoms with van der Waals surface area (Å²) in [6.07, 6.45) is 1.73. The van der Waals surface area contributed by atoms with E-state index in [0.29, 0.717) is 23.1 Å². The molecule has 0 spiro atoms. The van der Waals surface area contributed by atoms with Crippen LogP contribution < -0.4 is 0 Å². The van der Waals surface area contributed by atoms with Gasteiger partial charge in [0.25, 0.3) is 0 Å². The first-order valence-corrected chi connectivity index (χ1v) is 8.56. The minimum Gasteiger partial charge on any atom is -0.253 e. The molecule has 0 saturated carbocycles. The molecule has 0 N–H and O–H groups in total. The minimum atomic E-state index is 0.595. The fourth-order valence-electron chi connectivity index (χ4n) is 2.96. The van der Waals surface area contributed by atoms with Gasteiger partial charge in [-0.2, -0.15) is 9.78 Å². The van der Waals surface area contributed by atoms with Crippen LogP contribution >= 0.6 is 0 Å². The van der Waals surface area contributed by atoms with E-state index in [4.69, 9.17) is 10.1 Å². The lowest BCUT2D eigenvalue weighted by molar-refractivity contribution is 0.886. The van der Waals surface area contributed by atoms with Gasteiger partial charge in [-0.25, -0.2) is 4.99 Å². The van der Waals surface area contributed by atoms with E-state index < -0.39 is 0 Å². The standard InChI is InChI=1S/C21H14N6/c1-3-9-15(10-4-1)18-19(23-16-11-5-2-6-12-16)21-25-24-20(27(21)26-18)17-13-7-8-14-22-17/h1-14H/b23-19-. The number of aromatic nitrogens is 4. The van der Waals surface area contributed by atoms with Crippen molar-refractivity contribution >= 4 is 17.1 Å². The Kier molecular flexibility index (Phi) is 3.65. The van der Waals surface area contributed by atoms with E-state index in [-0.39, 0.29) is 0 Å². The van der Waals surface area contributed by atoms with Crippen LogP contribution in [-0.4, -0.2) is 31.3 Å². The molecule has 2 aromatic heterocycles. The van der Waals surface area contributed by atoms with Gasteiger partial charge >= 0.3 is 0 Å².